The van der Waals surface area contributed by atoms with Gasteiger partial charge in [0.2, 0.25) is 0 Å². The van der Waals surface area contributed by atoms with Crippen molar-refractivity contribution in [3.05, 3.63) is 23.8 Å². The Morgan fingerprint density at radius 1 is 1.29 bits per heavy atom. The number of nitrogens with two attached hydrogens (primary N) is 1. The summed E-state index contributed by atoms with van der Waals surface area (Å²) in [5, 5.41) is 0. The van der Waals surface area contributed by atoms with Gasteiger partial charge in [-0.25, -0.2) is 0 Å². The number of rotatable bonds is 4. The molecule has 0 aliphatic rings. The second kappa shape index (κ2) is 4.86. The molecule has 1 aromatic carbocycles. The summed E-state index contributed by atoms with van der Waals surface area (Å²) < 4.78 is 10.4. The zero-order valence-electron chi connectivity index (χ0n) is 8.91. The van der Waals surface area contributed by atoms with Crippen molar-refractivity contribution in [1.29, 1.82) is 0 Å². The van der Waals surface area contributed by atoms with Gasteiger partial charge in [0.25, 0.3) is 0 Å². The molecule has 0 amide bonds. The first-order valence-corrected chi connectivity index (χ1v) is 4.64. The minimum atomic E-state index is 0.136. The predicted octanol–water partition coefficient (Wildman–Crippen LogP) is 1.59. The maximum atomic E-state index is 5.73. The Hall–Kier alpha value is -1.22. The molecule has 0 heterocycles. The second-order valence-electron chi connectivity index (χ2n) is 3.36. The minimum Gasteiger partial charge on any atom is -0.497 e. The van der Waals surface area contributed by atoms with E-state index in [4.69, 9.17) is 15.2 Å². The smallest absolute Gasteiger partial charge is 0.125 e. The van der Waals surface area contributed by atoms with Crippen molar-refractivity contribution in [2.75, 3.05) is 14.2 Å². The molecule has 0 radical (unpaired) electrons. The highest BCUT2D eigenvalue weighted by Crippen LogP contribution is 2.25. The van der Waals surface area contributed by atoms with Crippen LogP contribution in [0.4, 0.5) is 0 Å². The van der Waals surface area contributed by atoms with Crippen LogP contribution < -0.4 is 15.2 Å². The summed E-state index contributed by atoms with van der Waals surface area (Å²) >= 11 is 0. The van der Waals surface area contributed by atoms with E-state index >= 15 is 0 Å². The van der Waals surface area contributed by atoms with E-state index in [0.29, 0.717) is 0 Å². The van der Waals surface area contributed by atoms with Crippen LogP contribution in [0.1, 0.15) is 12.5 Å². The van der Waals surface area contributed by atoms with Gasteiger partial charge in [0.15, 0.2) is 0 Å². The monoisotopic (exact) mass is 195 g/mol. The van der Waals surface area contributed by atoms with E-state index in [-0.39, 0.29) is 6.04 Å². The normalized spacial score (nSPS) is 12.3. The quantitative estimate of drug-likeness (QED) is 0.793. The summed E-state index contributed by atoms with van der Waals surface area (Å²) in [5.74, 6) is 1.64. The van der Waals surface area contributed by atoms with E-state index in [1.165, 1.54) is 0 Å². The Kier molecular flexibility index (Phi) is 3.77. The second-order valence-corrected chi connectivity index (χ2v) is 3.36. The van der Waals surface area contributed by atoms with E-state index in [1.54, 1.807) is 14.2 Å². The largest absolute Gasteiger partial charge is 0.497 e. The maximum absolute atomic E-state index is 5.73. The van der Waals surface area contributed by atoms with Gasteiger partial charge in [-0.1, -0.05) is 6.07 Å². The Labute approximate surface area is 84.8 Å². The lowest BCUT2D eigenvalue weighted by Crippen LogP contribution is -2.18. The molecule has 0 aliphatic heterocycles. The number of benzene rings is 1. The van der Waals surface area contributed by atoms with Crippen LogP contribution in [0.2, 0.25) is 0 Å². The van der Waals surface area contributed by atoms with E-state index in [2.05, 4.69) is 0 Å². The van der Waals surface area contributed by atoms with Gasteiger partial charge in [0, 0.05) is 12.1 Å². The maximum Gasteiger partial charge on any atom is 0.125 e. The molecule has 0 saturated heterocycles. The third kappa shape index (κ3) is 2.64. The average molecular weight is 195 g/mol. The lowest BCUT2D eigenvalue weighted by atomic mass is 10.1. The molecule has 78 valence electrons. The molecule has 0 unspecified atom stereocenters. The van der Waals surface area contributed by atoms with Crippen LogP contribution in [0, 0.1) is 0 Å². The highest BCUT2D eigenvalue weighted by Gasteiger charge is 2.06. The van der Waals surface area contributed by atoms with E-state index in [9.17, 15) is 0 Å². The fourth-order valence-corrected chi connectivity index (χ4v) is 1.37. The third-order valence-electron chi connectivity index (χ3n) is 2.04. The van der Waals surface area contributed by atoms with Gasteiger partial charge in [-0.2, -0.15) is 0 Å². The molecular weight excluding hydrogens is 178 g/mol. The van der Waals surface area contributed by atoms with Gasteiger partial charge in [0.1, 0.15) is 11.5 Å². The van der Waals surface area contributed by atoms with Gasteiger partial charge < -0.3 is 15.2 Å². The van der Waals surface area contributed by atoms with Crippen LogP contribution in [0.5, 0.6) is 11.5 Å². The molecule has 14 heavy (non-hydrogen) atoms. The fourth-order valence-electron chi connectivity index (χ4n) is 1.37. The van der Waals surface area contributed by atoms with E-state index in [1.807, 2.05) is 25.1 Å². The molecular formula is C11H17NO2. The van der Waals surface area contributed by atoms with Crippen LogP contribution in [0.25, 0.3) is 0 Å². The van der Waals surface area contributed by atoms with Crippen molar-refractivity contribution >= 4 is 0 Å². The van der Waals surface area contributed by atoms with Crippen molar-refractivity contribution in [1.82, 2.24) is 0 Å². The Balaban J connectivity index is 2.93. The molecule has 1 rings (SSSR count). The Bertz CT molecular complexity index is 297. The lowest BCUT2D eigenvalue weighted by molar-refractivity contribution is 0.390. The fraction of sp³-hybridized carbons (Fsp3) is 0.455. The van der Waals surface area contributed by atoms with Gasteiger partial charge in [-0.15, -0.1) is 0 Å². The molecule has 0 saturated carbocycles. The van der Waals surface area contributed by atoms with Crippen LogP contribution in [-0.4, -0.2) is 20.3 Å². The van der Waals surface area contributed by atoms with Crippen LogP contribution >= 0.6 is 0 Å². The summed E-state index contributed by atoms with van der Waals surface area (Å²) in [6.07, 6.45) is 0.813. The van der Waals surface area contributed by atoms with Crippen LogP contribution in [0.3, 0.4) is 0 Å². The van der Waals surface area contributed by atoms with Gasteiger partial charge in [-0.3, -0.25) is 0 Å². The molecule has 1 atom stereocenters. The standard InChI is InChI=1S/C11H17NO2/c1-8(12)6-9-4-5-10(13-2)7-11(9)14-3/h4-5,7-8H,6,12H2,1-3H3/t8-/m0/s1. The minimum absolute atomic E-state index is 0.136. The highest BCUT2D eigenvalue weighted by atomic mass is 16.5. The first kappa shape index (κ1) is 10.9. The van der Waals surface area contributed by atoms with Crippen molar-refractivity contribution in [3.63, 3.8) is 0 Å². The zero-order chi connectivity index (χ0) is 10.6. The van der Waals surface area contributed by atoms with E-state index < -0.39 is 0 Å². The summed E-state index contributed by atoms with van der Waals surface area (Å²) in [4.78, 5) is 0. The predicted molar refractivity (Wildman–Crippen MR) is 56.9 cm³/mol. The number of hydrogen-bond donors (Lipinski definition) is 1. The average Bonchev–Trinajstić information content (AvgIpc) is 2.17. The van der Waals surface area contributed by atoms with Crippen molar-refractivity contribution in [2.45, 2.75) is 19.4 Å². The SMILES string of the molecule is COc1ccc(C[C@H](C)N)c(OC)c1. The summed E-state index contributed by atoms with van der Waals surface area (Å²) in [7, 11) is 3.29. The highest BCUT2D eigenvalue weighted by molar-refractivity contribution is 5.41. The van der Waals surface area contributed by atoms with Gasteiger partial charge in [0.05, 0.1) is 14.2 Å². The Morgan fingerprint density at radius 2 is 2.00 bits per heavy atom. The summed E-state index contributed by atoms with van der Waals surface area (Å²) in [5.41, 5.74) is 6.85. The van der Waals surface area contributed by atoms with E-state index in [0.717, 1.165) is 23.5 Å². The molecule has 0 spiro atoms. The molecule has 3 heteroatoms. The lowest BCUT2D eigenvalue weighted by Gasteiger charge is -2.11. The first-order valence-electron chi connectivity index (χ1n) is 4.64. The molecule has 0 aromatic heterocycles. The van der Waals surface area contributed by atoms with Crippen LogP contribution in [0.15, 0.2) is 18.2 Å². The molecule has 1 aromatic rings. The topological polar surface area (TPSA) is 44.5 Å². The number of ether oxygens (including phenoxy) is 2. The van der Waals surface area contributed by atoms with Crippen molar-refractivity contribution < 1.29 is 9.47 Å². The van der Waals surface area contributed by atoms with Crippen molar-refractivity contribution in [2.24, 2.45) is 5.73 Å². The zero-order valence-corrected chi connectivity index (χ0v) is 8.91. The molecule has 0 fully saturated rings. The van der Waals surface area contributed by atoms with Crippen LogP contribution in [-0.2, 0) is 6.42 Å². The van der Waals surface area contributed by atoms with Gasteiger partial charge in [-0.05, 0) is 25.0 Å². The number of methoxy groups -OCH3 is 2. The molecule has 0 aliphatic carbocycles. The number of hydrogen-bond acceptors (Lipinski definition) is 3. The first-order chi connectivity index (χ1) is 6.67. The molecule has 3 nitrogen and oxygen atoms in total. The Morgan fingerprint density at radius 3 is 2.50 bits per heavy atom. The van der Waals surface area contributed by atoms with Gasteiger partial charge >= 0.3 is 0 Å². The van der Waals surface area contributed by atoms with Crippen molar-refractivity contribution in [3.8, 4) is 11.5 Å². The third-order valence-corrected chi connectivity index (χ3v) is 2.04. The summed E-state index contributed by atoms with van der Waals surface area (Å²) in [6.45, 7) is 1.98. The summed E-state index contributed by atoms with van der Waals surface area (Å²) in [6, 6.07) is 5.91. The molecule has 2 N–H and O–H groups in total. The molecule has 0 bridgehead atoms.